The van der Waals surface area contributed by atoms with Gasteiger partial charge in [0.25, 0.3) is 0 Å². The van der Waals surface area contributed by atoms with Gasteiger partial charge in [-0.05, 0) is 20.8 Å². The highest BCUT2D eigenvalue weighted by Gasteiger charge is 2.24. The van der Waals surface area contributed by atoms with Crippen molar-refractivity contribution in [3.8, 4) is 0 Å². The smallest absolute Gasteiger partial charge is 0.133 e. The highest BCUT2D eigenvalue weighted by Crippen LogP contribution is 2.22. The molecule has 1 rings (SSSR count). The van der Waals surface area contributed by atoms with Crippen molar-refractivity contribution in [3.05, 3.63) is 17.6 Å². The van der Waals surface area contributed by atoms with Crippen molar-refractivity contribution in [2.45, 2.75) is 46.1 Å². The van der Waals surface area contributed by atoms with Crippen LogP contribution in [0.1, 0.15) is 45.1 Å². The van der Waals surface area contributed by atoms with E-state index in [1.54, 1.807) is 0 Å². The van der Waals surface area contributed by atoms with Gasteiger partial charge < -0.3 is 10.0 Å². The highest BCUT2D eigenvalue weighted by molar-refractivity contribution is 5.42. The van der Waals surface area contributed by atoms with Crippen molar-refractivity contribution >= 4 is 5.82 Å². The number of aromatic nitrogens is 2. The second-order valence-electron chi connectivity index (χ2n) is 5.41. The van der Waals surface area contributed by atoms with Crippen LogP contribution in [0.5, 0.6) is 0 Å². The molecule has 0 saturated heterocycles. The van der Waals surface area contributed by atoms with Gasteiger partial charge in [-0.25, -0.2) is 9.97 Å². The van der Waals surface area contributed by atoms with Gasteiger partial charge in [0.1, 0.15) is 11.6 Å². The van der Waals surface area contributed by atoms with E-state index < -0.39 is 0 Å². The van der Waals surface area contributed by atoms with E-state index in [1.165, 1.54) is 0 Å². The van der Waals surface area contributed by atoms with Crippen LogP contribution in [0.25, 0.3) is 0 Å². The fourth-order valence-corrected chi connectivity index (χ4v) is 1.42. The fraction of sp³-hybridized carbons (Fsp3) is 0.692. The molecule has 17 heavy (non-hydrogen) atoms. The van der Waals surface area contributed by atoms with Crippen LogP contribution in [0.2, 0.25) is 0 Å². The number of likely N-dealkylation sites (N-methyl/N-ethyl adjacent to an activating group) is 1. The molecule has 0 aliphatic carbocycles. The number of anilines is 1. The molecule has 0 radical (unpaired) electrons. The van der Waals surface area contributed by atoms with Crippen LogP contribution in [0.15, 0.2) is 6.07 Å². The summed E-state index contributed by atoms with van der Waals surface area (Å²) in [6.45, 7) is 10.2. The molecule has 0 aliphatic rings. The summed E-state index contributed by atoms with van der Waals surface area (Å²) in [5.41, 5.74) is 0.633. The molecule has 0 spiro atoms. The summed E-state index contributed by atoms with van der Waals surface area (Å²) in [7, 11) is 1.95. The van der Waals surface area contributed by atoms with Crippen LogP contribution >= 0.6 is 0 Å². The molecule has 1 N–H and O–H groups in total. The number of nitrogens with zero attached hydrogens (tertiary/aromatic N) is 3. The van der Waals surface area contributed by atoms with Crippen molar-refractivity contribution < 1.29 is 5.11 Å². The molecule has 4 heteroatoms. The average Bonchev–Trinajstić information content (AvgIpc) is 2.27. The molecular weight excluding hydrogens is 214 g/mol. The molecule has 0 aliphatic heterocycles. The third-order valence-corrected chi connectivity index (χ3v) is 3.01. The summed E-state index contributed by atoms with van der Waals surface area (Å²) in [5.74, 6) is 2.01. The Hall–Kier alpha value is -1.16. The minimum absolute atomic E-state index is 0.0869. The van der Waals surface area contributed by atoms with Gasteiger partial charge >= 0.3 is 0 Å². The van der Waals surface area contributed by atoms with E-state index in [9.17, 15) is 5.11 Å². The minimum atomic E-state index is -0.324. The monoisotopic (exact) mass is 237 g/mol. The van der Waals surface area contributed by atoms with Gasteiger partial charge in [0, 0.05) is 24.7 Å². The molecule has 0 saturated carbocycles. The Kier molecular flexibility index (Phi) is 4.09. The Labute approximate surface area is 104 Å². The van der Waals surface area contributed by atoms with E-state index in [-0.39, 0.29) is 12.1 Å². The second-order valence-corrected chi connectivity index (χ2v) is 5.41. The van der Waals surface area contributed by atoms with Gasteiger partial charge in [0.15, 0.2) is 0 Å². The molecule has 0 amide bonds. The summed E-state index contributed by atoms with van der Waals surface area (Å²) < 4.78 is 0. The molecule has 0 fully saturated rings. The first-order valence-corrected chi connectivity index (χ1v) is 5.98. The van der Waals surface area contributed by atoms with Crippen molar-refractivity contribution in [3.63, 3.8) is 0 Å². The minimum Gasteiger partial charge on any atom is -0.394 e. The molecule has 0 unspecified atom stereocenters. The molecule has 1 heterocycles. The maximum atomic E-state index is 9.39. The van der Waals surface area contributed by atoms with E-state index >= 15 is 0 Å². The summed E-state index contributed by atoms with van der Waals surface area (Å²) in [6, 6.07) is 1.95. The lowest BCUT2D eigenvalue weighted by Crippen LogP contribution is -2.45. The Balaban J connectivity index is 3.14. The summed E-state index contributed by atoms with van der Waals surface area (Å²) in [6.07, 6.45) is 0. The third kappa shape index (κ3) is 3.16. The number of rotatable bonds is 4. The van der Waals surface area contributed by atoms with Gasteiger partial charge in [-0.1, -0.05) is 13.8 Å². The lowest BCUT2D eigenvalue weighted by atomic mass is 10.1. The molecule has 0 aromatic carbocycles. The van der Waals surface area contributed by atoms with Crippen LogP contribution in [-0.2, 0) is 0 Å². The molecule has 0 atom stereocenters. The molecule has 4 nitrogen and oxygen atoms in total. The number of aryl methyl sites for hydroxylation is 1. The van der Waals surface area contributed by atoms with Crippen molar-refractivity contribution in [1.29, 1.82) is 0 Å². The van der Waals surface area contributed by atoms with Crippen LogP contribution in [0.3, 0.4) is 0 Å². The maximum Gasteiger partial charge on any atom is 0.133 e. The zero-order chi connectivity index (χ0) is 13.2. The van der Waals surface area contributed by atoms with Gasteiger partial charge in [-0.2, -0.15) is 0 Å². The third-order valence-electron chi connectivity index (χ3n) is 3.01. The van der Waals surface area contributed by atoms with E-state index in [2.05, 4.69) is 23.8 Å². The van der Waals surface area contributed by atoms with Crippen LogP contribution in [0.4, 0.5) is 5.82 Å². The normalized spacial score (nSPS) is 12.0. The molecule has 96 valence electrons. The Morgan fingerprint density at radius 3 is 2.41 bits per heavy atom. The van der Waals surface area contributed by atoms with E-state index in [0.717, 1.165) is 17.3 Å². The van der Waals surface area contributed by atoms with Crippen LogP contribution < -0.4 is 4.90 Å². The van der Waals surface area contributed by atoms with E-state index in [0.29, 0.717) is 5.92 Å². The predicted octanol–water partition coefficient (Wildman–Crippen LogP) is 2.12. The SMILES string of the molecule is Cc1cc(N(C)C(C)(C)CO)nc(C(C)C)n1. The van der Waals surface area contributed by atoms with Crippen LogP contribution in [-0.4, -0.2) is 34.3 Å². The van der Waals surface area contributed by atoms with E-state index in [4.69, 9.17) is 0 Å². The molecule has 0 bridgehead atoms. The van der Waals surface area contributed by atoms with Crippen molar-refractivity contribution in [1.82, 2.24) is 9.97 Å². The van der Waals surface area contributed by atoms with Gasteiger partial charge in [-0.3, -0.25) is 0 Å². The summed E-state index contributed by atoms with van der Waals surface area (Å²) in [5, 5.41) is 9.39. The first-order valence-electron chi connectivity index (χ1n) is 5.98. The molecule has 1 aromatic heterocycles. The summed E-state index contributed by atoms with van der Waals surface area (Å²) in [4.78, 5) is 11.0. The van der Waals surface area contributed by atoms with Gasteiger partial charge in [0.2, 0.25) is 0 Å². The summed E-state index contributed by atoms with van der Waals surface area (Å²) >= 11 is 0. The average molecular weight is 237 g/mol. The van der Waals surface area contributed by atoms with Gasteiger partial charge in [-0.15, -0.1) is 0 Å². The highest BCUT2D eigenvalue weighted by atomic mass is 16.3. The zero-order valence-electron chi connectivity index (χ0n) is 11.7. The molecular formula is C13H23N3O. The Bertz CT molecular complexity index is 388. The maximum absolute atomic E-state index is 9.39. The first-order chi connectivity index (χ1) is 7.77. The number of hydrogen-bond donors (Lipinski definition) is 1. The number of hydrogen-bond acceptors (Lipinski definition) is 4. The van der Waals surface area contributed by atoms with Crippen molar-refractivity contribution in [2.24, 2.45) is 0 Å². The van der Waals surface area contributed by atoms with Gasteiger partial charge in [0.05, 0.1) is 12.1 Å². The fourth-order valence-electron chi connectivity index (χ4n) is 1.42. The Morgan fingerprint density at radius 1 is 1.35 bits per heavy atom. The van der Waals surface area contributed by atoms with E-state index in [1.807, 2.05) is 38.8 Å². The number of aliphatic hydroxyl groups is 1. The zero-order valence-corrected chi connectivity index (χ0v) is 11.7. The predicted molar refractivity (Wildman–Crippen MR) is 70.4 cm³/mol. The number of aliphatic hydroxyl groups excluding tert-OH is 1. The Morgan fingerprint density at radius 2 is 1.94 bits per heavy atom. The topological polar surface area (TPSA) is 49.2 Å². The lowest BCUT2D eigenvalue weighted by molar-refractivity contribution is 0.215. The van der Waals surface area contributed by atoms with Crippen molar-refractivity contribution in [2.75, 3.05) is 18.6 Å². The second kappa shape index (κ2) is 5.00. The lowest BCUT2D eigenvalue weighted by Gasteiger charge is -2.35. The largest absolute Gasteiger partial charge is 0.394 e. The first kappa shape index (κ1) is 13.9. The quantitative estimate of drug-likeness (QED) is 0.871. The molecule has 1 aromatic rings. The standard InChI is InChI=1S/C13H23N3O/c1-9(2)12-14-10(3)7-11(15-12)16(6)13(4,5)8-17/h7,9,17H,8H2,1-6H3. The van der Waals surface area contributed by atoms with Crippen LogP contribution in [0, 0.1) is 6.92 Å².